The van der Waals surface area contributed by atoms with Gasteiger partial charge in [0.25, 0.3) is 0 Å². The number of anilines is 1. The molecule has 0 amide bonds. The van der Waals surface area contributed by atoms with Gasteiger partial charge in [-0.25, -0.2) is 0 Å². The summed E-state index contributed by atoms with van der Waals surface area (Å²) in [4.78, 5) is 14.9. The fraction of sp³-hybridized carbons (Fsp3) is 0.455. The average Bonchev–Trinajstić information content (AvgIpc) is 2.67. The lowest BCUT2D eigenvalue weighted by molar-refractivity contribution is -0.141. The lowest BCUT2D eigenvalue weighted by Crippen LogP contribution is -2.29. The van der Waals surface area contributed by atoms with E-state index >= 15 is 0 Å². The van der Waals surface area contributed by atoms with Crippen molar-refractivity contribution in [2.75, 3.05) is 5.32 Å². The van der Waals surface area contributed by atoms with E-state index in [-0.39, 0.29) is 12.0 Å². The number of carboxylic acids is 1. The van der Waals surface area contributed by atoms with Crippen LogP contribution in [0.5, 0.6) is 0 Å². The van der Waals surface area contributed by atoms with E-state index in [1.54, 1.807) is 12.4 Å². The zero-order chi connectivity index (χ0) is 10.7. The molecule has 1 aromatic rings. The average molecular weight is 206 g/mol. The highest BCUT2D eigenvalue weighted by atomic mass is 16.4. The molecule has 1 aromatic heterocycles. The third kappa shape index (κ3) is 2.26. The second kappa shape index (κ2) is 4.29. The minimum atomic E-state index is -0.695. The van der Waals surface area contributed by atoms with Crippen LogP contribution in [0.25, 0.3) is 0 Å². The number of aliphatic carboxylic acids is 1. The summed E-state index contributed by atoms with van der Waals surface area (Å²) in [5.41, 5.74) is 0.947. The van der Waals surface area contributed by atoms with Crippen molar-refractivity contribution in [3.05, 3.63) is 24.5 Å². The Morgan fingerprint density at radius 3 is 2.80 bits per heavy atom. The van der Waals surface area contributed by atoms with Crippen LogP contribution in [0.1, 0.15) is 19.3 Å². The molecule has 0 bridgehead atoms. The molecule has 2 unspecified atom stereocenters. The summed E-state index contributed by atoms with van der Waals surface area (Å²) in [5, 5.41) is 12.3. The Morgan fingerprint density at radius 1 is 1.40 bits per heavy atom. The van der Waals surface area contributed by atoms with E-state index in [2.05, 4.69) is 10.3 Å². The van der Waals surface area contributed by atoms with Gasteiger partial charge in [-0.2, -0.15) is 0 Å². The third-order valence-electron chi connectivity index (χ3n) is 2.87. The zero-order valence-electron chi connectivity index (χ0n) is 8.39. The van der Waals surface area contributed by atoms with Gasteiger partial charge < -0.3 is 10.4 Å². The van der Waals surface area contributed by atoms with Crippen LogP contribution in [0.15, 0.2) is 24.5 Å². The maximum Gasteiger partial charge on any atom is 0.308 e. The lowest BCUT2D eigenvalue weighted by Gasteiger charge is -2.18. The van der Waals surface area contributed by atoms with Crippen molar-refractivity contribution in [1.29, 1.82) is 0 Å². The zero-order valence-corrected chi connectivity index (χ0v) is 8.39. The molecule has 0 saturated heterocycles. The van der Waals surface area contributed by atoms with Gasteiger partial charge in [-0.1, -0.05) is 6.42 Å². The van der Waals surface area contributed by atoms with Gasteiger partial charge in [0.1, 0.15) is 0 Å². The molecule has 0 aromatic carbocycles. The van der Waals surface area contributed by atoms with Crippen LogP contribution in [0.2, 0.25) is 0 Å². The van der Waals surface area contributed by atoms with Gasteiger partial charge in [-0.3, -0.25) is 9.78 Å². The van der Waals surface area contributed by atoms with Crippen molar-refractivity contribution in [2.45, 2.75) is 25.3 Å². The topological polar surface area (TPSA) is 62.2 Å². The SMILES string of the molecule is O=C(O)C1CCCC1Nc1ccncc1. The van der Waals surface area contributed by atoms with E-state index in [0.717, 1.165) is 24.9 Å². The molecule has 1 aliphatic rings. The summed E-state index contributed by atoms with van der Waals surface area (Å²) >= 11 is 0. The van der Waals surface area contributed by atoms with Crippen LogP contribution in [-0.2, 0) is 4.79 Å². The predicted octanol–water partition coefficient (Wildman–Crippen LogP) is 1.75. The van der Waals surface area contributed by atoms with Gasteiger partial charge in [0.2, 0.25) is 0 Å². The van der Waals surface area contributed by atoms with Gasteiger partial charge in [0.15, 0.2) is 0 Å². The van der Waals surface area contributed by atoms with Crippen LogP contribution in [-0.4, -0.2) is 22.1 Å². The van der Waals surface area contributed by atoms with Gasteiger partial charge in [-0.05, 0) is 25.0 Å². The molecule has 2 rings (SSSR count). The molecule has 0 spiro atoms. The Hall–Kier alpha value is -1.58. The van der Waals surface area contributed by atoms with Gasteiger partial charge in [0, 0.05) is 24.1 Å². The Morgan fingerprint density at radius 2 is 2.13 bits per heavy atom. The van der Waals surface area contributed by atoms with Gasteiger partial charge in [-0.15, -0.1) is 0 Å². The van der Waals surface area contributed by atoms with Crippen molar-refractivity contribution in [1.82, 2.24) is 4.98 Å². The molecule has 4 nitrogen and oxygen atoms in total. The largest absolute Gasteiger partial charge is 0.481 e. The minimum Gasteiger partial charge on any atom is -0.481 e. The first-order valence-electron chi connectivity index (χ1n) is 5.17. The molecule has 80 valence electrons. The fourth-order valence-corrected chi connectivity index (χ4v) is 2.09. The first kappa shape index (κ1) is 9.96. The standard InChI is InChI=1S/C11H14N2O2/c14-11(15)9-2-1-3-10(9)13-8-4-6-12-7-5-8/h4-7,9-10H,1-3H2,(H,12,13)(H,14,15). The van der Waals surface area contributed by atoms with E-state index < -0.39 is 5.97 Å². The predicted molar refractivity (Wildman–Crippen MR) is 56.6 cm³/mol. The molecule has 15 heavy (non-hydrogen) atoms. The van der Waals surface area contributed by atoms with E-state index in [9.17, 15) is 4.79 Å². The number of nitrogens with one attached hydrogen (secondary N) is 1. The molecular formula is C11H14N2O2. The summed E-state index contributed by atoms with van der Waals surface area (Å²) in [6.07, 6.45) is 6.09. The first-order chi connectivity index (χ1) is 7.27. The summed E-state index contributed by atoms with van der Waals surface area (Å²) in [6, 6.07) is 3.78. The summed E-state index contributed by atoms with van der Waals surface area (Å²) in [5.74, 6) is -0.947. The van der Waals surface area contributed by atoms with E-state index in [0.29, 0.717) is 0 Å². The number of carbonyl (C=O) groups is 1. The molecule has 1 heterocycles. The van der Waals surface area contributed by atoms with Crippen LogP contribution in [0, 0.1) is 5.92 Å². The molecule has 4 heteroatoms. The molecule has 1 fully saturated rings. The van der Waals surface area contributed by atoms with Gasteiger partial charge in [0.05, 0.1) is 5.92 Å². The number of rotatable bonds is 3. The van der Waals surface area contributed by atoms with Crippen LogP contribution in [0.4, 0.5) is 5.69 Å². The highest BCUT2D eigenvalue weighted by Crippen LogP contribution is 2.28. The van der Waals surface area contributed by atoms with Crippen LogP contribution < -0.4 is 5.32 Å². The van der Waals surface area contributed by atoms with E-state index in [1.165, 1.54) is 0 Å². The highest BCUT2D eigenvalue weighted by Gasteiger charge is 2.32. The number of carboxylic acid groups (broad SMARTS) is 1. The molecule has 1 saturated carbocycles. The summed E-state index contributed by atoms with van der Waals surface area (Å²) in [7, 11) is 0. The normalized spacial score (nSPS) is 25.1. The molecule has 0 radical (unpaired) electrons. The maximum absolute atomic E-state index is 10.9. The van der Waals surface area contributed by atoms with E-state index in [1.807, 2.05) is 12.1 Å². The van der Waals surface area contributed by atoms with Crippen LogP contribution in [0.3, 0.4) is 0 Å². The van der Waals surface area contributed by atoms with Crippen molar-refractivity contribution in [2.24, 2.45) is 5.92 Å². The van der Waals surface area contributed by atoms with Crippen molar-refractivity contribution < 1.29 is 9.90 Å². The quantitative estimate of drug-likeness (QED) is 0.790. The summed E-state index contributed by atoms with van der Waals surface area (Å²) < 4.78 is 0. The smallest absolute Gasteiger partial charge is 0.308 e. The van der Waals surface area contributed by atoms with Crippen molar-refractivity contribution in [3.8, 4) is 0 Å². The molecule has 0 aliphatic heterocycles. The Bertz CT molecular complexity index is 340. The summed E-state index contributed by atoms with van der Waals surface area (Å²) in [6.45, 7) is 0. The van der Waals surface area contributed by atoms with E-state index in [4.69, 9.17) is 5.11 Å². The fourth-order valence-electron chi connectivity index (χ4n) is 2.09. The molecule has 2 atom stereocenters. The van der Waals surface area contributed by atoms with Crippen molar-refractivity contribution >= 4 is 11.7 Å². The number of aromatic nitrogens is 1. The second-order valence-electron chi connectivity index (χ2n) is 3.86. The number of nitrogens with zero attached hydrogens (tertiary/aromatic N) is 1. The first-order valence-corrected chi connectivity index (χ1v) is 5.17. The minimum absolute atomic E-state index is 0.0601. The number of pyridine rings is 1. The molecular weight excluding hydrogens is 192 g/mol. The number of hydrogen-bond donors (Lipinski definition) is 2. The Kier molecular flexibility index (Phi) is 2.85. The van der Waals surface area contributed by atoms with Crippen molar-refractivity contribution in [3.63, 3.8) is 0 Å². The molecule has 1 aliphatic carbocycles. The lowest BCUT2D eigenvalue weighted by atomic mass is 10.0. The molecule has 2 N–H and O–H groups in total. The third-order valence-corrected chi connectivity index (χ3v) is 2.87. The Labute approximate surface area is 88.3 Å². The Balaban J connectivity index is 2.03. The number of hydrogen-bond acceptors (Lipinski definition) is 3. The van der Waals surface area contributed by atoms with Gasteiger partial charge >= 0.3 is 5.97 Å². The second-order valence-corrected chi connectivity index (χ2v) is 3.86. The highest BCUT2D eigenvalue weighted by molar-refractivity contribution is 5.72. The van der Waals surface area contributed by atoms with Crippen LogP contribution >= 0.6 is 0 Å². The monoisotopic (exact) mass is 206 g/mol. The maximum atomic E-state index is 10.9.